The van der Waals surface area contributed by atoms with Gasteiger partial charge in [-0.15, -0.1) is 12.6 Å². The summed E-state index contributed by atoms with van der Waals surface area (Å²) in [6.07, 6.45) is 12.4. The summed E-state index contributed by atoms with van der Waals surface area (Å²) in [5.41, 5.74) is 13.9. The zero-order valence-corrected chi connectivity index (χ0v) is 26.3. The number of hydrogen-bond acceptors (Lipinski definition) is 8. The van der Waals surface area contributed by atoms with Crippen molar-refractivity contribution in [1.29, 1.82) is 0 Å². The second-order valence-electron chi connectivity index (χ2n) is 10.5. The molecule has 0 amide bonds. The highest BCUT2D eigenvalue weighted by atomic mass is 32.1. The predicted molar refractivity (Wildman–Crippen MR) is 177 cm³/mol. The normalized spacial score (nSPS) is 12.3. The number of benzene rings is 2. The highest BCUT2D eigenvalue weighted by Gasteiger charge is 2.15. The smallest absolute Gasteiger partial charge is 0.283 e. The van der Waals surface area contributed by atoms with Crippen LogP contribution < -0.4 is 21.5 Å². The molecule has 2 aromatic carbocycles. The quantitative estimate of drug-likeness (QED) is 0.0627. The van der Waals surface area contributed by atoms with Crippen molar-refractivity contribution in [2.45, 2.75) is 71.4 Å². The topological polar surface area (TPSA) is 121 Å². The second-order valence-corrected chi connectivity index (χ2v) is 10.9. The number of Topliss-reactive ketones (excluding diaryl/α,β-unsaturated/α-hetero) is 1. The third-order valence-electron chi connectivity index (χ3n) is 7.16. The van der Waals surface area contributed by atoms with Crippen LogP contribution >= 0.6 is 12.6 Å². The minimum absolute atomic E-state index is 0.178. The van der Waals surface area contributed by atoms with Crippen molar-refractivity contribution in [2.75, 3.05) is 18.4 Å². The Hall–Kier alpha value is -3.47. The number of rotatable bonds is 15. The molecule has 8 nitrogen and oxygen atoms in total. The molecular weight excluding hydrogens is 563 g/mol. The number of aryl methyl sites for hydroxylation is 1. The predicted octanol–water partition coefficient (Wildman–Crippen LogP) is 7.48. The number of nitrogens with two attached hydrogens (primary N) is 2. The van der Waals surface area contributed by atoms with Crippen molar-refractivity contribution in [2.24, 2.45) is 17.4 Å². The first-order valence-corrected chi connectivity index (χ1v) is 15.5. The summed E-state index contributed by atoms with van der Waals surface area (Å²) in [7, 11) is 0. The third kappa shape index (κ3) is 10.0. The van der Waals surface area contributed by atoms with Gasteiger partial charge in [-0.25, -0.2) is 9.97 Å². The van der Waals surface area contributed by atoms with Crippen LogP contribution in [0.5, 0.6) is 5.75 Å². The zero-order chi connectivity index (χ0) is 31.2. The first-order chi connectivity index (χ1) is 20.8. The molecule has 0 aliphatic heterocycles. The Bertz CT molecular complexity index is 1430. The number of hydrogen-bond donors (Lipinski definition) is 4. The SMILES string of the molecule is CCCCC(CCN)CCCC(=O)c1ccc(Nc2nccn3c(-c4ccc(OC(F)S)cc4)cnc23)cc1C.CCN. The molecule has 2 heterocycles. The van der Waals surface area contributed by atoms with Gasteiger partial charge in [-0.3, -0.25) is 9.20 Å². The molecule has 4 aromatic rings. The van der Waals surface area contributed by atoms with Crippen LogP contribution in [0, 0.1) is 12.8 Å². The van der Waals surface area contributed by atoms with Gasteiger partial charge in [0.25, 0.3) is 5.69 Å². The van der Waals surface area contributed by atoms with Gasteiger partial charge in [-0.05, 0) is 93.2 Å². The van der Waals surface area contributed by atoms with Gasteiger partial charge < -0.3 is 21.5 Å². The van der Waals surface area contributed by atoms with Crippen LogP contribution in [0.15, 0.2) is 61.1 Å². The number of imidazole rings is 1. The molecule has 4 rings (SSSR count). The van der Waals surface area contributed by atoms with Crippen LogP contribution in [0.3, 0.4) is 0 Å². The Labute approximate surface area is 259 Å². The molecule has 0 aliphatic rings. The number of anilines is 2. The average molecular weight is 609 g/mol. The first-order valence-electron chi connectivity index (χ1n) is 15.0. The van der Waals surface area contributed by atoms with Crippen molar-refractivity contribution in [3.05, 3.63) is 72.2 Å². The fourth-order valence-electron chi connectivity index (χ4n) is 5.08. The molecule has 43 heavy (non-hydrogen) atoms. The number of carbonyl (C=O) groups excluding carboxylic acids is 1. The summed E-state index contributed by atoms with van der Waals surface area (Å²) in [5, 5.41) is 3.35. The van der Waals surface area contributed by atoms with E-state index in [1.807, 2.05) is 54.8 Å². The van der Waals surface area contributed by atoms with E-state index in [2.05, 4.69) is 34.8 Å². The summed E-state index contributed by atoms with van der Waals surface area (Å²) < 4.78 is 19.9. The zero-order valence-electron chi connectivity index (χ0n) is 25.4. The van der Waals surface area contributed by atoms with E-state index in [1.165, 1.54) is 19.3 Å². The Morgan fingerprint density at radius 2 is 1.79 bits per heavy atom. The van der Waals surface area contributed by atoms with Gasteiger partial charge in [-0.2, -0.15) is 4.39 Å². The number of ether oxygens (including phenoxy) is 1. The third-order valence-corrected chi connectivity index (χ3v) is 7.26. The monoisotopic (exact) mass is 608 g/mol. The molecule has 0 saturated carbocycles. The van der Waals surface area contributed by atoms with E-state index in [1.54, 1.807) is 24.5 Å². The molecule has 2 unspecified atom stereocenters. The van der Waals surface area contributed by atoms with Crippen LogP contribution in [0.1, 0.15) is 74.7 Å². The van der Waals surface area contributed by atoms with E-state index in [4.69, 9.17) is 16.2 Å². The minimum Gasteiger partial charge on any atom is -0.451 e. The molecule has 0 spiro atoms. The number of fused-ring (bicyclic) bond motifs is 1. The summed E-state index contributed by atoms with van der Waals surface area (Å²) >= 11 is 3.62. The van der Waals surface area contributed by atoms with Crippen molar-refractivity contribution in [1.82, 2.24) is 14.4 Å². The van der Waals surface area contributed by atoms with E-state index in [9.17, 15) is 9.18 Å². The number of halogens is 1. The average Bonchev–Trinajstić information content (AvgIpc) is 3.42. The number of alkyl halides is 1. The lowest BCUT2D eigenvalue weighted by atomic mass is 9.91. The van der Waals surface area contributed by atoms with E-state index >= 15 is 0 Å². The lowest BCUT2D eigenvalue weighted by Gasteiger charge is -2.15. The fourth-order valence-corrected chi connectivity index (χ4v) is 5.20. The molecule has 2 aromatic heterocycles. The van der Waals surface area contributed by atoms with E-state index < -0.39 is 5.69 Å². The van der Waals surface area contributed by atoms with E-state index in [-0.39, 0.29) is 5.78 Å². The van der Waals surface area contributed by atoms with Crippen molar-refractivity contribution in [3.8, 4) is 17.0 Å². The lowest BCUT2D eigenvalue weighted by molar-refractivity contribution is 0.0976. The molecule has 5 N–H and O–H groups in total. The van der Waals surface area contributed by atoms with Crippen LogP contribution in [-0.2, 0) is 0 Å². The summed E-state index contributed by atoms with van der Waals surface area (Å²) in [5.74, 6) is 1.78. The molecule has 232 valence electrons. The number of aromatic nitrogens is 3. The van der Waals surface area contributed by atoms with Crippen LogP contribution in [0.25, 0.3) is 16.9 Å². The van der Waals surface area contributed by atoms with E-state index in [0.717, 1.165) is 53.9 Å². The minimum atomic E-state index is -1.67. The van der Waals surface area contributed by atoms with Gasteiger partial charge in [0.05, 0.1) is 11.9 Å². The highest BCUT2D eigenvalue weighted by molar-refractivity contribution is 7.80. The van der Waals surface area contributed by atoms with Crippen molar-refractivity contribution >= 4 is 35.6 Å². The van der Waals surface area contributed by atoms with Gasteiger partial charge >= 0.3 is 0 Å². The summed E-state index contributed by atoms with van der Waals surface area (Å²) in [6.45, 7) is 7.53. The molecule has 0 fully saturated rings. The maximum atomic E-state index is 13.0. The van der Waals surface area contributed by atoms with Gasteiger partial charge in [0.15, 0.2) is 17.2 Å². The van der Waals surface area contributed by atoms with Gasteiger partial charge in [0, 0.05) is 35.6 Å². The van der Waals surface area contributed by atoms with Crippen LogP contribution in [-0.4, -0.2) is 38.9 Å². The van der Waals surface area contributed by atoms with Crippen LogP contribution in [0.4, 0.5) is 15.9 Å². The standard InChI is InChI=1S/C31H38FN5O2S.C2H7N/c1-3-4-6-22(15-16-33)7-5-8-28(38)26-14-11-24(19-21(26)2)36-29-30-35-20-27(37(30)18-17-34-29)23-9-12-25(13-10-23)39-31(32)40;1-2-3/h9-14,17-20,22,31,40H,3-8,15-16,33H2,1-2H3,(H,34,36);2-3H2,1H3. The van der Waals surface area contributed by atoms with Gasteiger partial charge in [0.2, 0.25) is 0 Å². The Morgan fingerprint density at radius 1 is 1.07 bits per heavy atom. The lowest BCUT2D eigenvalue weighted by Crippen LogP contribution is -2.10. The summed E-state index contributed by atoms with van der Waals surface area (Å²) in [6, 6.07) is 12.8. The van der Waals surface area contributed by atoms with Gasteiger partial charge in [0.1, 0.15) is 5.75 Å². The van der Waals surface area contributed by atoms with Crippen molar-refractivity contribution < 1.29 is 13.9 Å². The van der Waals surface area contributed by atoms with Gasteiger partial charge in [-0.1, -0.05) is 33.1 Å². The maximum Gasteiger partial charge on any atom is 0.283 e. The maximum absolute atomic E-state index is 13.0. The molecule has 0 aliphatic carbocycles. The Morgan fingerprint density at radius 3 is 2.44 bits per heavy atom. The molecule has 0 bridgehead atoms. The second kappa shape index (κ2) is 17.6. The number of unbranched alkanes of at least 4 members (excludes halogenated alkanes) is 1. The molecule has 10 heteroatoms. The number of thiol groups is 1. The molecule has 0 radical (unpaired) electrons. The number of carbonyl (C=O) groups is 1. The first kappa shape index (κ1) is 34.0. The van der Waals surface area contributed by atoms with E-state index in [0.29, 0.717) is 36.1 Å². The number of ketones is 1. The summed E-state index contributed by atoms with van der Waals surface area (Å²) in [4.78, 5) is 22.1. The fraction of sp³-hybridized carbons (Fsp3) is 0.424. The largest absolute Gasteiger partial charge is 0.451 e. The number of nitrogens with one attached hydrogen (secondary N) is 1. The molecular formula is C33H45FN6O2S. The number of nitrogens with zero attached hydrogens (tertiary/aromatic N) is 3. The van der Waals surface area contributed by atoms with Crippen molar-refractivity contribution in [3.63, 3.8) is 0 Å². The van der Waals surface area contributed by atoms with Crippen LogP contribution in [0.2, 0.25) is 0 Å². The Kier molecular flexibility index (Phi) is 13.9. The molecule has 2 atom stereocenters. The Balaban J connectivity index is 0.00000162. The molecule has 0 saturated heterocycles. The highest BCUT2D eigenvalue weighted by Crippen LogP contribution is 2.28.